The van der Waals surface area contributed by atoms with Crippen LogP contribution in [0.25, 0.3) is 0 Å². The van der Waals surface area contributed by atoms with Crippen LogP contribution in [0.5, 0.6) is 0 Å². The minimum atomic E-state index is -0.939. The van der Waals surface area contributed by atoms with Crippen LogP contribution < -0.4 is 5.32 Å². The van der Waals surface area contributed by atoms with Gasteiger partial charge in [0.25, 0.3) is 0 Å². The van der Waals surface area contributed by atoms with E-state index in [1.807, 2.05) is 6.92 Å². The first-order valence-corrected chi connectivity index (χ1v) is 7.40. The molecular formula is C16H19F2NO3. The summed E-state index contributed by atoms with van der Waals surface area (Å²) < 4.78 is 26.8. The number of rotatable bonds is 7. The molecule has 0 bridgehead atoms. The van der Waals surface area contributed by atoms with Crippen LogP contribution in [-0.4, -0.2) is 23.5 Å². The maximum absolute atomic E-state index is 13.7. The topological polar surface area (TPSA) is 66.4 Å². The third-order valence-electron chi connectivity index (χ3n) is 4.02. The van der Waals surface area contributed by atoms with Gasteiger partial charge in [-0.1, -0.05) is 25.5 Å². The number of carbonyl (C=O) groups excluding carboxylic acids is 1. The number of amides is 1. The van der Waals surface area contributed by atoms with Gasteiger partial charge in [0.2, 0.25) is 5.91 Å². The largest absolute Gasteiger partial charge is 0.481 e. The Kier molecular flexibility index (Phi) is 5.11. The molecule has 22 heavy (non-hydrogen) atoms. The molecule has 3 atom stereocenters. The van der Waals surface area contributed by atoms with Crippen LogP contribution >= 0.6 is 0 Å². The van der Waals surface area contributed by atoms with E-state index in [0.29, 0.717) is 19.3 Å². The lowest BCUT2D eigenvalue weighted by Crippen LogP contribution is -2.34. The maximum atomic E-state index is 13.7. The summed E-state index contributed by atoms with van der Waals surface area (Å²) in [6.45, 7) is 1.94. The number of carboxylic acid groups (broad SMARTS) is 1. The number of halogens is 2. The molecule has 0 aliphatic heterocycles. The van der Waals surface area contributed by atoms with E-state index in [1.165, 1.54) is 12.1 Å². The highest BCUT2D eigenvalue weighted by Gasteiger charge is 2.45. The third kappa shape index (κ3) is 3.61. The van der Waals surface area contributed by atoms with Gasteiger partial charge in [-0.15, -0.1) is 0 Å². The molecule has 0 radical (unpaired) electrons. The van der Waals surface area contributed by atoms with Gasteiger partial charge in [-0.05, 0) is 30.4 Å². The van der Waals surface area contributed by atoms with Crippen molar-refractivity contribution in [1.82, 2.24) is 5.32 Å². The van der Waals surface area contributed by atoms with Crippen LogP contribution in [0.1, 0.15) is 37.7 Å². The molecule has 6 heteroatoms. The number of carboxylic acids is 1. The van der Waals surface area contributed by atoms with Crippen molar-refractivity contribution in [3.8, 4) is 0 Å². The molecule has 1 aromatic rings. The molecule has 1 aliphatic rings. The van der Waals surface area contributed by atoms with Crippen molar-refractivity contribution in [3.63, 3.8) is 0 Å². The zero-order valence-corrected chi connectivity index (χ0v) is 12.3. The van der Waals surface area contributed by atoms with Crippen LogP contribution in [0, 0.1) is 23.5 Å². The van der Waals surface area contributed by atoms with Gasteiger partial charge in [-0.3, -0.25) is 9.59 Å². The van der Waals surface area contributed by atoms with Gasteiger partial charge >= 0.3 is 5.97 Å². The number of hydrogen-bond donors (Lipinski definition) is 2. The van der Waals surface area contributed by atoms with Gasteiger partial charge in [0.1, 0.15) is 0 Å². The molecule has 2 N–H and O–H groups in total. The fourth-order valence-electron chi connectivity index (χ4n) is 2.65. The predicted molar refractivity (Wildman–Crippen MR) is 76.2 cm³/mol. The first-order valence-electron chi connectivity index (χ1n) is 7.40. The van der Waals surface area contributed by atoms with E-state index in [-0.39, 0.29) is 23.9 Å². The summed E-state index contributed by atoms with van der Waals surface area (Å²) in [4.78, 5) is 23.0. The molecule has 120 valence electrons. The minimum Gasteiger partial charge on any atom is -0.481 e. The fraction of sp³-hybridized carbons (Fsp3) is 0.500. The number of nitrogens with one attached hydrogen (secondary N) is 1. The van der Waals surface area contributed by atoms with Gasteiger partial charge in [0.15, 0.2) is 11.6 Å². The Labute approximate surface area is 127 Å². The monoisotopic (exact) mass is 311 g/mol. The van der Waals surface area contributed by atoms with Crippen LogP contribution in [0.3, 0.4) is 0 Å². The molecule has 1 aliphatic carbocycles. The Morgan fingerprint density at radius 1 is 1.41 bits per heavy atom. The molecule has 3 unspecified atom stereocenters. The van der Waals surface area contributed by atoms with Crippen molar-refractivity contribution >= 4 is 11.9 Å². The first-order chi connectivity index (χ1) is 10.5. The molecular weight excluding hydrogens is 292 g/mol. The average molecular weight is 311 g/mol. The first kappa shape index (κ1) is 16.4. The molecule has 0 aromatic heterocycles. The Bertz CT molecular complexity index is 577. The lowest BCUT2D eigenvalue weighted by molar-refractivity contribution is -0.142. The molecule has 1 saturated carbocycles. The van der Waals surface area contributed by atoms with Crippen LogP contribution in [0.15, 0.2) is 18.2 Å². The van der Waals surface area contributed by atoms with Crippen molar-refractivity contribution in [2.75, 3.05) is 6.54 Å². The molecule has 1 aromatic carbocycles. The lowest BCUT2D eigenvalue weighted by Gasteiger charge is -2.12. The van der Waals surface area contributed by atoms with Crippen LogP contribution in [0.2, 0.25) is 0 Å². The standard InChI is InChI=1S/C16H19F2NO3/c1-2-4-9(16(21)22)8-19-15(20)12-7-11(12)10-5-3-6-13(17)14(10)18/h3,5-6,9,11-12H,2,4,7-8H2,1H3,(H,19,20)(H,21,22). The highest BCUT2D eigenvalue weighted by molar-refractivity contribution is 5.83. The predicted octanol–water partition coefficient (Wildman–Crippen LogP) is 2.69. The van der Waals surface area contributed by atoms with Gasteiger partial charge in [-0.25, -0.2) is 8.78 Å². The lowest BCUT2D eigenvalue weighted by atomic mass is 10.0. The minimum absolute atomic E-state index is 0.0663. The number of hydrogen-bond acceptors (Lipinski definition) is 2. The number of aliphatic carboxylic acids is 1. The number of benzene rings is 1. The Hall–Kier alpha value is -1.98. The smallest absolute Gasteiger partial charge is 0.308 e. The quantitative estimate of drug-likeness (QED) is 0.813. The summed E-state index contributed by atoms with van der Waals surface area (Å²) in [7, 11) is 0. The maximum Gasteiger partial charge on any atom is 0.308 e. The number of carbonyl (C=O) groups is 2. The molecule has 4 nitrogen and oxygen atoms in total. The van der Waals surface area contributed by atoms with E-state index in [1.54, 1.807) is 0 Å². The summed E-state index contributed by atoms with van der Waals surface area (Å²) in [5.41, 5.74) is 0.212. The second-order valence-corrected chi connectivity index (χ2v) is 5.66. The summed E-state index contributed by atoms with van der Waals surface area (Å²) >= 11 is 0. The zero-order valence-electron chi connectivity index (χ0n) is 12.3. The average Bonchev–Trinajstić information content (AvgIpc) is 3.26. The molecule has 0 saturated heterocycles. The Morgan fingerprint density at radius 2 is 2.14 bits per heavy atom. The second kappa shape index (κ2) is 6.85. The molecule has 1 fully saturated rings. The van der Waals surface area contributed by atoms with Crippen molar-refractivity contribution in [3.05, 3.63) is 35.4 Å². The summed E-state index contributed by atoms with van der Waals surface area (Å²) in [6, 6.07) is 3.94. The van der Waals surface area contributed by atoms with E-state index >= 15 is 0 Å². The van der Waals surface area contributed by atoms with Crippen molar-refractivity contribution < 1.29 is 23.5 Å². The third-order valence-corrected chi connectivity index (χ3v) is 4.02. The zero-order chi connectivity index (χ0) is 16.3. The van der Waals surface area contributed by atoms with Crippen LogP contribution in [0.4, 0.5) is 8.78 Å². The van der Waals surface area contributed by atoms with Gasteiger partial charge in [0, 0.05) is 12.5 Å². The highest BCUT2D eigenvalue weighted by Crippen LogP contribution is 2.48. The van der Waals surface area contributed by atoms with Gasteiger partial charge in [-0.2, -0.15) is 0 Å². The Morgan fingerprint density at radius 3 is 2.77 bits per heavy atom. The van der Waals surface area contributed by atoms with E-state index in [2.05, 4.69) is 5.32 Å². The molecule has 1 amide bonds. The summed E-state index contributed by atoms with van der Waals surface area (Å²) in [6.07, 6.45) is 1.66. The van der Waals surface area contributed by atoms with Crippen molar-refractivity contribution in [1.29, 1.82) is 0 Å². The van der Waals surface area contributed by atoms with Gasteiger partial charge < -0.3 is 10.4 Å². The Balaban J connectivity index is 1.91. The SMILES string of the molecule is CCCC(CNC(=O)C1CC1c1cccc(F)c1F)C(=O)O. The molecule has 0 spiro atoms. The molecule has 2 rings (SSSR count). The van der Waals surface area contributed by atoms with Crippen molar-refractivity contribution in [2.24, 2.45) is 11.8 Å². The highest BCUT2D eigenvalue weighted by atomic mass is 19.2. The van der Waals surface area contributed by atoms with E-state index in [4.69, 9.17) is 5.11 Å². The normalized spacial score (nSPS) is 21.2. The second-order valence-electron chi connectivity index (χ2n) is 5.66. The van der Waals surface area contributed by atoms with E-state index in [0.717, 1.165) is 6.07 Å². The van der Waals surface area contributed by atoms with Gasteiger partial charge in [0.05, 0.1) is 5.92 Å². The summed E-state index contributed by atoms with van der Waals surface area (Å²) in [5.74, 6) is -4.41. The van der Waals surface area contributed by atoms with E-state index in [9.17, 15) is 18.4 Å². The van der Waals surface area contributed by atoms with Crippen molar-refractivity contribution in [2.45, 2.75) is 32.1 Å². The van der Waals surface area contributed by atoms with E-state index < -0.39 is 29.4 Å². The van der Waals surface area contributed by atoms with Crippen LogP contribution in [-0.2, 0) is 9.59 Å². The molecule has 0 heterocycles. The fourth-order valence-corrected chi connectivity index (χ4v) is 2.65. The summed E-state index contributed by atoms with van der Waals surface area (Å²) in [5, 5.41) is 11.6.